The van der Waals surface area contributed by atoms with Crippen LogP contribution in [-0.4, -0.2) is 5.91 Å². The van der Waals surface area contributed by atoms with Gasteiger partial charge in [-0.25, -0.2) is 0 Å². The lowest BCUT2D eigenvalue weighted by Gasteiger charge is -2.27. The Hall–Kier alpha value is -3.83. The molecule has 0 heterocycles. The fraction of sp³-hybridized carbons (Fsp3) is 0.138. The van der Waals surface area contributed by atoms with Gasteiger partial charge in [-0.3, -0.25) is 4.79 Å². The maximum absolute atomic E-state index is 13.7. The molecule has 152 valence electrons. The quantitative estimate of drug-likeness (QED) is 0.385. The number of hydrogen-bond donors (Lipinski definition) is 1. The topological polar surface area (TPSA) is 29.1 Å². The smallest absolute Gasteiger partial charge is 0.247 e. The third kappa shape index (κ3) is 4.37. The van der Waals surface area contributed by atoms with Crippen LogP contribution in [0.4, 0.5) is 5.69 Å². The normalized spacial score (nSPS) is 12.4. The van der Waals surface area contributed by atoms with Crippen molar-refractivity contribution in [2.75, 3.05) is 5.32 Å². The zero-order valence-corrected chi connectivity index (χ0v) is 17.6. The Morgan fingerprint density at radius 1 is 0.806 bits per heavy atom. The molecule has 0 radical (unpaired) electrons. The lowest BCUT2D eigenvalue weighted by Crippen LogP contribution is -2.39. The Bertz CT molecular complexity index is 1230. The molecule has 0 aromatic heterocycles. The van der Waals surface area contributed by atoms with Crippen LogP contribution in [0, 0.1) is 11.8 Å². The van der Waals surface area contributed by atoms with Crippen molar-refractivity contribution in [3.8, 4) is 11.8 Å². The van der Waals surface area contributed by atoms with Gasteiger partial charge in [0.1, 0.15) is 5.41 Å². The van der Waals surface area contributed by atoms with Gasteiger partial charge in [0.15, 0.2) is 0 Å². The van der Waals surface area contributed by atoms with Crippen molar-refractivity contribution in [2.24, 2.45) is 0 Å². The molecule has 4 rings (SSSR count). The van der Waals surface area contributed by atoms with Gasteiger partial charge in [0.05, 0.1) is 0 Å². The SMILES string of the molecule is CC[C@](C#CCc1ccccc1)(C(=O)Nc1cccc2ccccc12)c1ccccc1. The standard InChI is InChI=1S/C29H25NO/c1-2-29(25-18-7-4-8-19-25,22-12-15-23-13-5-3-6-14-23)28(31)30-27-21-11-17-24-16-9-10-20-26(24)27/h3-11,13-14,16-21H,2,15H2,1H3,(H,30,31)/t29-/m1/s1. The second-order valence-corrected chi connectivity index (χ2v) is 7.57. The minimum Gasteiger partial charge on any atom is -0.324 e. The number of nitrogens with one attached hydrogen (secondary N) is 1. The summed E-state index contributed by atoms with van der Waals surface area (Å²) in [5.41, 5.74) is 1.94. The van der Waals surface area contributed by atoms with E-state index in [0.29, 0.717) is 12.8 Å². The maximum atomic E-state index is 13.7. The van der Waals surface area contributed by atoms with Crippen molar-refractivity contribution in [1.82, 2.24) is 0 Å². The highest BCUT2D eigenvalue weighted by molar-refractivity contribution is 6.07. The third-order valence-corrected chi connectivity index (χ3v) is 5.66. The lowest BCUT2D eigenvalue weighted by molar-refractivity contribution is -0.119. The van der Waals surface area contributed by atoms with Gasteiger partial charge in [-0.1, -0.05) is 116 Å². The predicted molar refractivity (Wildman–Crippen MR) is 129 cm³/mol. The molecule has 0 saturated heterocycles. The van der Waals surface area contributed by atoms with E-state index in [9.17, 15) is 4.79 Å². The van der Waals surface area contributed by atoms with Crippen LogP contribution >= 0.6 is 0 Å². The number of fused-ring (bicyclic) bond motifs is 1. The van der Waals surface area contributed by atoms with Crippen LogP contribution in [0.2, 0.25) is 0 Å². The number of rotatable bonds is 5. The monoisotopic (exact) mass is 403 g/mol. The summed E-state index contributed by atoms with van der Waals surface area (Å²) in [7, 11) is 0. The zero-order valence-electron chi connectivity index (χ0n) is 17.6. The Balaban J connectivity index is 1.72. The third-order valence-electron chi connectivity index (χ3n) is 5.66. The summed E-state index contributed by atoms with van der Waals surface area (Å²) in [4.78, 5) is 13.7. The molecule has 0 aliphatic heterocycles. The van der Waals surface area contributed by atoms with Gasteiger partial charge in [0.2, 0.25) is 5.91 Å². The van der Waals surface area contributed by atoms with Gasteiger partial charge in [-0.2, -0.15) is 0 Å². The van der Waals surface area contributed by atoms with Crippen LogP contribution in [0.3, 0.4) is 0 Å². The summed E-state index contributed by atoms with van der Waals surface area (Å²) >= 11 is 0. The molecule has 4 aromatic rings. The predicted octanol–water partition coefficient (Wildman–Crippen LogP) is 6.37. The van der Waals surface area contributed by atoms with Gasteiger partial charge in [-0.05, 0) is 29.0 Å². The van der Waals surface area contributed by atoms with Crippen LogP contribution < -0.4 is 5.32 Å². The van der Waals surface area contributed by atoms with Crippen molar-refractivity contribution < 1.29 is 4.79 Å². The van der Waals surface area contributed by atoms with E-state index >= 15 is 0 Å². The van der Waals surface area contributed by atoms with E-state index in [1.165, 1.54) is 0 Å². The second-order valence-electron chi connectivity index (χ2n) is 7.57. The maximum Gasteiger partial charge on any atom is 0.247 e. The highest BCUT2D eigenvalue weighted by Gasteiger charge is 2.37. The van der Waals surface area contributed by atoms with E-state index < -0.39 is 5.41 Å². The fourth-order valence-corrected chi connectivity index (χ4v) is 3.89. The number of benzene rings is 4. The first-order valence-corrected chi connectivity index (χ1v) is 10.6. The summed E-state index contributed by atoms with van der Waals surface area (Å²) in [6.45, 7) is 2.02. The summed E-state index contributed by atoms with van der Waals surface area (Å²) < 4.78 is 0. The average Bonchev–Trinajstić information content (AvgIpc) is 2.83. The molecule has 2 heteroatoms. The number of carbonyl (C=O) groups is 1. The van der Waals surface area contributed by atoms with Crippen molar-refractivity contribution in [1.29, 1.82) is 0 Å². The van der Waals surface area contributed by atoms with E-state index in [1.54, 1.807) is 0 Å². The van der Waals surface area contributed by atoms with Crippen LogP contribution in [-0.2, 0) is 16.6 Å². The van der Waals surface area contributed by atoms with Crippen LogP contribution in [0.15, 0.2) is 103 Å². The zero-order chi connectivity index (χ0) is 21.5. The number of carbonyl (C=O) groups excluding carboxylic acids is 1. The number of hydrogen-bond acceptors (Lipinski definition) is 1. The van der Waals surface area contributed by atoms with Crippen molar-refractivity contribution >= 4 is 22.4 Å². The van der Waals surface area contributed by atoms with E-state index in [2.05, 4.69) is 41.4 Å². The molecule has 4 aromatic carbocycles. The Kier molecular flexibility index (Phi) is 6.15. The van der Waals surface area contributed by atoms with Crippen molar-refractivity contribution in [2.45, 2.75) is 25.2 Å². The fourth-order valence-electron chi connectivity index (χ4n) is 3.89. The molecule has 0 bridgehead atoms. The van der Waals surface area contributed by atoms with E-state index in [1.807, 2.05) is 85.8 Å². The molecule has 1 N–H and O–H groups in total. The molecule has 0 spiro atoms. The Morgan fingerprint density at radius 2 is 1.45 bits per heavy atom. The van der Waals surface area contributed by atoms with Gasteiger partial charge in [0.25, 0.3) is 0 Å². The summed E-state index contributed by atoms with van der Waals surface area (Å²) in [5.74, 6) is 6.54. The second kappa shape index (κ2) is 9.32. The molecule has 1 amide bonds. The minimum atomic E-state index is -0.924. The first kappa shape index (κ1) is 20.4. The highest BCUT2D eigenvalue weighted by Crippen LogP contribution is 2.31. The Labute approximate surface area is 183 Å². The van der Waals surface area contributed by atoms with Crippen LogP contribution in [0.1, 0.15) is 24.5 Å². The summed E-state index contributed by atoms with van der Waals surface area (Å²) in [6, 6.07) is 34.0. The molecule has 0 saturated carbocycles. The largest absolute Gasteiger partial charge is 0.324 e. The molecule has 0 aliphatic rings. The average molecular weight is 404 g/mol. The number of amides is 1. The Morgan fingerprint density at radius 3 is 2.19 bits per heavy atom. The molecule has 0 fully saturated rings. The van der Waals surface area contributed by atoms with Gasteiger partial charge in [0, 0.05) is 17.5 Å². The first-order chi connectivity index (χ1) is 15.2. The minimum absolute atomic E-state index is 0.0990. The van der Waals surface area contributed by atoms with Crippen molar-refractivity contribution in [3.05, 3.63) is 114 Å². The summed E-state index contributed by atoms with van der Waals surface area (Å²) in [6.07, 6.45) is 1.19. The highest BCUT2D eigenvalue weighted by atomic mass is 16.2. The first-order valence-electron chi connectivity index (χ1n) is 10.6. The van der Waals surface area contributed by atoms with Crippen molar-refractivity contribution in [3.63, 3.8) is 0 Å². The van der Waals surface area contributed by atoms with Gasteiger partial charge in [-0.15, -0.1) is 0 Å². The molecule has 1 atom stereocenters. The van der Waals surface area contributed by atoms with Gasteiger partial charge >= 0.3 is 0 Å². The van der Waals surface area contributed by atoms with E-state index in [-0.39, 0.29) is 5.91 Å². The number of anilines is 1. The molecular weight excluding hydrogens is 378 g/mol. The van der Waals surface area contributed by atoms with E-state index in [0.717, 1.165) is 27.6 Å². The molecular formula is C29H25NO. The van der Waals surface area contributed by atoms with Crippen LogP contribution in [0.5, 0.6) is 0 Å². The van der Waals surface area contributed by atoms with Crippen LogP contribution in [0.25, 0.3) is 10.8 Å². The molecule has 2 nitrogen and oxygen atoms in total. The van der Waals surface area contributed by atoms with Gasteiger partial charge < -0.3 is 5.32 Å². The lowest BCUT2D eigenvalue weighted by atomic mass is 9.77. The van der Waals surface area contributed by atoms with E-state index in [4.69, 9.17) is 0 Å². The summed E-state index contributed by atoms with van der Waals surface area (Å²) in [5, 5.41) is 5.30. The molecule has 0 aliphatic carbocycles. The molecule has 0 unspecified atom stereocenters. The molecule has 31 heavy (non-hydrogen) atoms.